The molecule has 0 atom stereocenters. The standard InChI is InChI=1S/C17H16N2O5/c1-2-8-18-14(20)11-24-16(22)7-9-19-15(21)10-12-5-3-4-6-13(12)17(19)23/h1,3-6H,7-11H2,(H,18,20). The maximum absolute atomic E-state index is 12.3. The van der Waals surface area contributed by atoms with E-state index in [1.54, 1.807) is 24.3 Å². The number of nitrogens with one attached hydrogen (secondary N) is 1. The van der Waals surface area contributed by atoms with Crippen LogP contribution in [-0.2, 0) is 25.5 Å². The molecule has 1 heterocycles. The third-order valence-corrected chi connectivity index (χ3v) is 3.43. The molecule has 0 saturated heterocycles. The molecule has 0 fully saturated rings. The van der Waals surface area contributed by atoms with E-state index in [-0.39, 0.29) is 31.8 Å². The molecule has 1 N–H and O–H groups in total. The molecular formula is C17H16N2O5. The molecule has 0 bridgehead atoms. The van der Waals surface area contributed by atoms with Gasteiger partial charge in [-0.3, -0.25) is 24.1 Å². The maximum atomic E-state index is 12.3. The smallest absolute Gasteiger partial charge is 0.308 e. The van der Waals surface area contributed by atoms with Gasteiger partial charge in [-0.2, -0.15) is 0 Å². The summed E-state index contributed by atoms with van der Waals surface area (Å²) in [5.74, 6) is 0.237. The summed E-state index contributed by atoms with van der Waals surface area (Å²) in [6.45, 7) is -0.491. The molecule has 24 heavy (non-hydrogen) atoms. The monoisotopic (exact) mass is 328 g/mol. The third-order valence-electron chi connectivity index (χ3n) is 3.43. The van der Waals surface area contributed by atoms with Gasteiger partial charge in [0.05, 0.1) is 19.4 Å². The first kappa shape index (κ1) is 17.2. The summed E-state index contributed by atoms with van der Waals surface area (Å²) in [4.78, 5) is 48.2. The minimum Gasteiger partial charge on any atom is -0.456 e. The molecule has 0 aromatic heterocycles. The second kappa shape index (κ2) is 7.92. The van der Waals surface area contributed by atoms with Crippen molar-refractivity contribution in [2.45, 2.75) is 12.8 Å². The zero-order chi connectivity index (χ0) is 17.5. The molecule has 124 valence electrons. The Kier molecular flexibility index (Phi) is 5.68. The van der Waals surface area contributed by atoms with Crippen LogP contribution in [0.15, 0.2) is 24.3 Å². The Morgan fingerprint density at radius 1 is 1.29 bits per heavy atom. The number of ether oxygens (including phenoxy) is 1. The number of hydrogen-bond donors (Lipinski definition) is 1. The van der Waals surface area contributed by atoms with Crippen LogP contribution in [-0.4, -0.2) is 48.3 Å². The van der Waals surface area contributed by atoms with Gasteiger partial charge in [-0.1, -0.05) is 24.1 Å². The van der Waals surface area contributed by atoms with E-state index in [0.717, 1.165) is 4.90 Å². The first-order valence-electron chi connectivity index (χ1n) is 7.31. The number of terminal acetylenes is 1. The van der Waals surface area contributed by atoms with Crippen molar-refractivity contribution in [3.05, 3.63) is 35.4 Å². The molecule has 7 heteroatoms. The van der Waals surface area contributed by atoms with Gasteiger partial charge in [-0.05, 0) is 11.6 Å². The van der Waals surface area contributed by atoms with Crippen LogP contribution in [0.2, 0.25) is 0 Å². The lowest BCUT2D eigenvalue weighted by molar-refractivity contribution is -0.148. The Morgan fingerprint density at radius 3 is 2.79 bits per heavy atom. The molecule has 1 aromatic rings. The first-order chi connectivity index (χ1) is 11.5. The average molecular weight is 328 g/mol. The van der Waals surface area contributed by atoms with Gasteiger partial charge in [0.25, 0.3) is 11.8 Å². The van der Waals surface area contributed by atoms with Crippen LogP contribution in [0.3, 0.4) is 0 Å². The number of carbonyl (C=O) groups is 4. The van der Waals surface area contributed by atoms with Crippen LogP contribution in [0.25, 0.3) is 0 Å². The lowest BCUT2D eigenvalue weighted by Gasteiger charge is -2.26. The predicted molar refractivity (Wildman–Crippen MR) is 83.6 cm³/mol. The van der Waals surface area contributed by atoms with E-state index in [1.165, 1.54) is 0 Å². The van der Waals surface area contributed by atoms with Crippen molar-refractivity contribution in [1.82, 2.24) is 10.2 Å². The summed E-state index contributed by atoms with van der Waals surface area (Å²) in [6.07, 6.45) is 4.92. The fourth-order valence-electron chi connectivity index (χ4n) is 2.25. The van der Waals surface area contributed by atoms with Gasteiger partial charge in [0.15, 0.2) is 6.61 Å². The molecule has 7 nitrogen and oxygen atoms in total. The normalized spacial score (nSPS) is 13.0. The van der Waals surface area contributed by atoms with Crippen molar-refractivity contribution < 1.29 is 23.9 Å². The Bertz CT molecular complexity index is 720. The molecule has 2 rings (SSSR count). The van der Waals surface area contributed by atoms with Crippen molar-refractivity contribution >= 4 is 23.7 Å². The minimum atomic E-state index is -0.676. The Balaban J connectivity index is 1.85. The Hall–Kier alpha value is -3.14. The highest BCUT2D eigenvalue weighted by Gasteiger charge is 2.30. The van der Waals surface area contributed by atoms with E-state index in [1.807, 2.05) is 0 Å². The van der Waals surface area contributed by atoms with E-state index < -0.39 is 24.4 Å². The van der Waals surface area contributed by atoms with Gasteiger partial charge in [-0.15, -0.1) is 6.42 Å². The third kappa shape index (κ3) is 4.20. The quantitative estimate of drug-likeness (QED) is 0.447. The van der Waals surface area contributed by atoms with Gasteiger partial charge < -0.3 is 10.1 Å². The van der Waals surface area contributed by atoms with E-state index in [0.29, 0.717) is 11.1 Å². The summed E-state index contributed by atoms with van der Waals surface area (Å²) in [5.41, 5.74) is 1.13. The lowest BCUT2D eigenvalue weighted by Crippen LogP contribution is -2.43. The minimum absolute atomic E-state index is 0.0482. The van der Waals surface area contributed by atoms with Gasteiger partial charge in [0.2, 0.25) is 5.91 Å². The molecule has 1 aromatic carbocycles. The van der Waals surface area contributed by atoms with Gasteiger partial charge in [0, 0.05) is 12.1 Å². The highest BCUT2D eigenvalue weighted by atomic mass is 16.5. The fourth-order valence-corrected chi connectivity index (χ4v) is 2.25. The Morgan fingerprint density at radius 2 is 2.04 bits per heavy atom. The summed E-state index contributed by atoms with van der Waals surface area (Å²) in [5, 5.41) is 2.35. The van der Waals surface area contributed by atoms with Crippen molar-refractivity contribution in [3.63, 3.8) is 0 Å². The van der Waals surface area contributed by atoms with Gasteiger partial charge >= 0.3 is 5.97 Å². The summed E-state index contributed by atoms with van der Waals surface area (Å²) >= 11 is 0. The second-order valence-corrected chi connectivity index (χ2v) is 5.08. The molecule has 1 aliphatic heterocycles. The number of imide groups is 1. The number of rotatable bonds is 6. The summed E-state index contributed by atoms with van der Waals surface area (Å²) in [7, 11) is 0. The summed E-state index contributed by atoms with van der Waals surface area (Å²) < 4.78 is 4.76. The van der Waals surface area contributed by atoms with E-state index in [2.05, 4.69) is 11.2 Å². The molecule has 1 aliphatic rings. The number of carbonyl (C=O) groups excluding carboxylic acids is 4. The van der Waals surface area contributed by atoms with Gasteiger partial charge in [0.1, 0.15) is 0 Å². The van der Waals surface area contributed by atoms with Crippen LogP contribution in [0.1, 0.15) is 22.3 Å². The molecule has 0 spiro atoms. The van der Waals surface area contributed by atoms with Crippen molar-refractivity contribution in [3.8, 4) is 12.3 Å². The van der Waals surface area contributed by atoms with Crippen molar-refractivity contribution in [2.75, 3.05) is 19.7 Å². The number of nitrogens with zero attached hydrogens (tertiary/aromatic N) is 1. The van der Waals surface area contributed by atoms with Crippen LogP contribution in [0, 0.1) is 12.3 Å². The zero-order valence-corrected chi connectivity index (χ0v) is 12.9. The highest BCUT2D eigenvalue weighted by Crippen LogP contribution is 2.19. The van der Waals surface area contributed by atoms with Crippen LogP contribution in [0.5, 0.6) is 0 Å². The number of fused-ring (bicyclic) bond motifs is 1. The van der Waals surface area contributed by atoms with Crippen molar-refractivity contribution in [1.29, 1.82) is 0 Å². The molecule has 0 radical (unpaired) electrons. The molecular weight excluding hydrogens is 312 g/mol. The molecule has 0 saturated carbocycles. The number of hydrogen-bond acceptors (Lipinski definition) is 5. The van der Waals surface area contributed by atoms with Crippen LogP contribution in [0.4, 0.5) is 0 Å². The maximum Gasteiger partial charge on any atom is 0.308 e. The molecule has 3 amide bonds. The predicted octanol–water partition coefficient (Wildman–Crippen LogP) is -0.106. The van der Waals surface area contributed by atoms with Crippen LogP contribution >= 0.6 is 0 Å². The van der Waals surface area contributed by atoms with E-state index in [4.69, 9.17) is 11.2 Å². The number of benzene rings is 1. The first-order valence-corrected chi connectivity index (χ1v) is 7.31. The largest absolute Gasteiger partial charge is 0.456 e. The molecule has 0 aliphatic carbocycles. The lowest BCUT2D eigenvalue weighted by atomic mass is 9.98. The average Bonchev–Trinajstić information content (AvgIpc) is 2.57. The topological polar surface area (TPSA) is 92.8 Å². The zero-order valence-electron chi connectivity index (χ0n) is 12.9. The highest BCUT2D eigenvalue weighted by molar-refractivity contribution is 6.09. The van der Waals surface area contributed by atoms with E-state index >= 15 is 0 Å². The number of amides is 3. The van der Waals surface area contributed by atoms with Gasteiger partial charge in [-0.25, -0.2) is 0 Å². The Labute approximate surface area is 139 Å². The van der Waals surface area contributed by atoms with Crippen molar-refractivity contribution in [2.24, 2.45) is 0 Å². The molecule has 0 unspecified atom stereocenters. The fraction of sp³-hybridized carbons (Fsp3) is 0.294. The summed E-state index contributed by atoms with van der Waals surface area (Å²) in [6, 6.07) is 6.85. The SMILES string of the molecule is C#CCNC(=O)COC(=O)CCN1C(=O)Cc2ccccc2C1=O. The van der Waals surface area contributed by atoms with Crippen LogP contribution < -0.4 is 5.32 Å². The number of esters is 1. The van der Waals surface area contributed by atoms with E-state index in [9.17, 15) is 19.2 Å². The second-order valence-electron chi connectivity index (χ2n) is 5.08.